The summed E-state index contributed by atoms with van der Waals surface area (Å²) >= 11 is 1.41. The molecule has 3 rings (SSSR count). The number of nitrogens with one attached hydrogen (secondary N) is 2. The molecule has 0 atom stereocenters. The van der Waals surface area contributed by atoms with Crippen molar-refractivity contribution < 1.29 is 4.79 Å². The SMILES string of the molecule is O=C(Nc1ccc(NCc2ccncc2)nc1)c1cccs1. The summed E-state index contributed by atoms with van der Waals surface area (Å²) in [5, 5.41) is 7.91. The Balaban J connectivity index is 1.57. The fraction of sp³-hybridized carbons (Fsp3) is 0.0625. The minimum atomic E-state index is -0.116. The topological polar surface area (TPSA) is 66.9 Å². The van der Waals surface area contributed by atoms with Crippen LogP contribution in [0.15, 0.2) is 60.4 Å². The van der Waals surface area contributed by atoms with Crippen LogP contribution in [0.25, 0.3) is 0 Å². The van der Waals surface area contributed by atoms with Crippen LogP contribution in [0.2, 0.25) is 0 Å². The average molecular weight is 310 g/mol. The second-order valence-electron chi connectivity index (χ2n) is 4.57. The number of aromatic nitrogens is 2. The second kappa shape index (κ2) is 6.82. The molecular weight excluding hydrogens is 296 g/mol. The minimum absolute atomic E-state index is 0.116. The van der Waals surface area contributed by atoms with E-state index in [0.717, 1.165) is 11.4 Å². The number of amides is 1. The van der Waals surface area contributed by atoms with Crippen molar-refractivity contribution in [2.75, 3.05) is 10.6 Å². The zero-order valence-corrected chi connectivity index (χ0v) is 12.5. The van der Waals surface area contributed by atoms with E-state index in [0.29, 0.717) is 17.1 Å². The molecule has 0 saturated carbocycles. The first-order valence-corrected chi connectivity index (χ1v) is 7.63. The molecular formula is C16H14N4OS. The van der Waals surface area contributed by atoms with Crippen LogP contribution in [0.3, 0.4) is 0 Å². The van der Waals surface area contributed by atoms with E-state index in [1.54, 1.807) is 24.7 Å². The summed E-state index contributed by atoms with van der Waals surface area (Å²) in [7, 11) is 0. The molecule has 0 fully saturated rings. The number of thiophene rings is 1. The van der Waals surface area contributed by atoms with E-state index in [2.05, 4.69) is 20.6 Å². The van der Waals surface area contributed by atoms with Gasteiger partial charge < -0.3 is 10.6 Å². The van der Waals surface area contributed by atoms with E-state index in [9.17, 15) is 4.79 Å². The van der Waals surface area contributed by atoms with Crippen molar-refractivity contribution in [2.45, 2.75) is 6.54 Å². The Labute approximate surface area is 132 Å². The standard InChI is InChI=1S/C16H14N4OS/c21-16(14-2-1-9-22-14)20-13-3-4-15(19-11-13)18-10-12-5-7-17-8-6-12/h1-9,11H,10H2,(H,18,19)(H,20,21). The smallest absolute Gasteiger partial charge is 0.265 e. The minimum Gasteiger partial charge on any atom is -0.366 e. The van der Waals surface area contributed by atoms with Gasteiger partial charge in [-0.2, -0.15) is 0 Å². The zero-order chi connectivity index (χ0) is 15.2. The molecule has 22 heavy (non-hydrogen) atoms. The maximum atomic E-state index is 11.9. The first-order chi connectivity index (χ1) is 10.8. The van der Waals surface area contributed by atoms with Crippen molar-refractivity contribution in [3.8, 4) is 0 Å². The van der Waals surface area contributed by atoms with Gasteiger partial charge >= 0.3 is 0 Å². The molecule has 0 bridgehead atoms. The first-order valence-electron chi connectivity index (χ1n) is 6.75. The number of carbonyl (C=O) groups excluding carboxylic acids is 1. The van der Waals surface area contributed by atoms with Crippen molar-refractivity contribution in [3.05, 3.63) is 70.8 Å². The number of pyridine rings is 2. The molecule has 5 nitrogen and oxygen atoms in total. The van der Waals surface area contributed by atoms with Gasteiger partial charge in [0.2, 0.25) is 0 Å². The van der Waals surface area contributed by atoms with Crippen molar-refractivity contribution >= 4 is 28.7 Å². The van der Waals surface area contributed by atoms with Crippen molar-refractivity contribution in [1.82, 2.24) is 9.97 Å². The van der Waals surface area contributed by atoms with E-state index >= 15 is 0 Å². The van der Waals surface area contributed by atoms with Crippen LogP contribution in [0.5, 0.6) is 0 Å². The van der Waals surface area contributed by atoms with E-state index < -0.39 is 0 Å². The lowest BCUT2D eigenvalue weighted by Crippen LogP contribution is -2.10. The van der Waals surface area contributed by atoms with Crippen molar-refractivity contribution in [3.63, 3.8) is 0 Å². The molecule has 2 N–H and O–H groups in total. The number of hydrogen-bond donors (Lipinski definition) is 2. The Hall–Kier alpha value is -2.73. The Bertz CT molecular complexity index is 727. The van der Waals surface area contributed by atoms with Crippen LogP contribution < -0.4 is 10.6 Å². The Morgan fingerprint density at radius 1 is 1.14 bits per heavy atom. The average Bonchev–Trinajstić information content (AvgIpc) is 3.10. The van der Waals surface area contributed by atoms with Crippen LogP contribution in [0.4, 0.5) is 11.5 Å². The van der Waals surface area contributed by atoms with Gasteiger partial charge in [-0.25, -0.2) is 4.98 Å². The molecule has 3 aromatic rings. The van der Waals surface area contributed by atoms with Crippen LogP contribution >= 0.6 is 11.3 Å². The molecule has 1 amide bonds. The molecule has 0 aliphatic carbocycles. The van der Waals surface area contributed by atoms with E-state index in [1.165, 1.54) is 11.3 Å². The van der Waals surface area contributed by atoms with E-state index in [-0.39, 0.29) is 5.91 Å². The zero-order valence-electron chi connectivity index (χ0n) is 11.7. The fourth-order valence-corrected chi connectivity index (χ4v) is 2.49. The monoisotopic (exact) mass is 310 g/mol. The molecule has 110 valence electrons. The molecule has 0 unspecified atom stereocenters. The van der Waals surface area contributed by atoms with Gasteiger partial charge in [0.05, 0.1) is 16.8 Å². The van der Waals surface area contributed by atoms with Gasteiger partial charge in [-0.15, -0.1) is 11.3 Å². The highest BCUT2D eigenvalue weighted by molar-refractivity contribution is 7.12. The summed E-state index contributed by atoms with van der Waals surface area (Å²) in [5.41, 5.74) is 1.81. The molecule has 0 saturated heterocycles. The lowest BCUT2D eigenvalue weighted by molar-refractivity contribution is 0.103. The van der Waals surface area contributed by atoms with Gasteiger partial charge in [-0.3, -0.25) is 9.78 Å². The molecule has 3 aromatic heterocycles. The summed E-state index contributed by atoms with van der Waals surface area (Å²) in [6, 6.07) is 11.2. The second-order valence-corrected chi connectivity index (χ2v) is 5.52. The summed E-state index contributed by atoms with van der Waals surface area (Å²) in [5.74, 6) is 0.639. The molecule has 6 heteroatoms. The maximum Gasteiger partial charge on any atom is 0.265 e. The van der Waals surface area contributed by atoms with Crippen molar-refractivity contribution in [2.24, 2.45) is 0 Å². The van der Waals surface area contributed by atoms with Gasteiger partial charge in [0.25, 0.3) is 5.91 Å². The maximum absolute atomic E-state index is 11.9. The third-order valence-electron chi connectivity index (χ3n) is 2.99. The Kier molecular flexibility index (Phi) is 4.41. The van der Waals surface area contributed by atoms with Gasteiger partial charge in [0, 0.05) is 18.9 Å². The van der Waals surface area contributed by atoms with Gasteiger partial charge in [-0.05, 0) is 41.3 Å². The Morgan fingerprint density at radius 2 is 2.00 bits per heavy atom. The molecule has 0 aliphatic heterocycles. The third-order valence-corrected chi connectivity index (χ3v) is 3.86. The Morgan fingerprint density at radius 3 is 2.68 bits per heavy atom. The number of rotatable bonds is 5. The summed E-state index contributed by atoms with van der Waals surface area (Å²) in [4.78, 5) is 20.9. The quantitative estimate of drug-likeness (QED) is 0.758. The number of hydrogen-bond acceptors (Lipinski definition) is 5. The number of carbonyl (C=O) groups is 1. The summed E-state index contributed by atoms with van der Waals surface area (Å²) < 4.78 is 0. The summed E-state index contributed by atoms with van der Waals surface area (Å²) in [6.07, 6.45) is 5.15. The highest BCUT2D eigenvalue weighted by Crippen LogP contribution is 2.14. The molecule has 0 spiro atoms. The number of nitrogens with zero attached hydrogens (tertiary/aromatic N) is 2. The number of anilines is 2. The third kappa shape index (κ3) is 3.67. The van der Waals surface area contributed by atoms with Crippen LogP contribution in [-0.4, -0.2) is 15.9 Å². The largest absolute Gasteiger partial charge is 0.366 e. The molecule has 0 aromatic carbocycles. The van der Waals surface area contributed by atoms with Crippen LogP contribution in [0.1, 0.15) is 15.2 Å². The first kappa shape index (κ1) is 14.2. The van der Waals surface area contributed by atoms with Crippen LogP contribution in [-0.2, 0) is 6.54 Å². The van der Waals surface area contributed by atoms with Crippen molar-refractivity contribution in [1.29, 1.82) is 0 Å². The predicted molar refractivity (Wildman–Crippen MR) is 88.1 cm³/mol. The lowest BCUT2D eigenvalue weighted by Gasteiger charge is -2.07. The molecule has 0 aliphatic rings. The van der Waals surface area contributed by atoms with Gasteiger partial charge in [-0.1, -0.05) is 6.07 Å². The summed E-state index contributed by atoms with van der Waals surface area (Å²) in [6.45, 7) is 0.677. The van der Waals surface area contributed by atoms with Gasteiger partial charge in [0.1, 0.15) is 5.82 Å². The predicted octanol–water partition coefficient (Wildman–Crippen LogP) is 3.40. The van der Waals surface area contributed by atoms with Crippen LogP contribution in [0, 0.1) is 0 Å². The normalized spacial score (nSPS) is 10.2. The molecule has 0 radical (unpaired) electrons. The fourth-order valence-electron chi connectivity index (χ4n) is 1.87. The highest BCUT2D eigenvalue weighted by atomic mass is 32.1. The van der Waals surface area contributed by atoms with E-state index in [1.807, 2.05) is 35.7 Å². The highest BCUT2D eigenvalue weighted by Gasteiger charge is 2.06. The van der Waals surface area contributed by atoms with E-state index in [4.69, 9.17) is 0 Å². The molecule has 3 heterocycles. The lowest BCUT2D eigenvalue weighted by atomic mass is 10.3. The van der Waals surface area contributed by atoms with Gasteiger partial charge in [0.15, 0.2) is 0 Å².